The van der Waals surface area contributed by atoms with Gasteiger partial charge in [0, 0.05) is 145 Å². The van der Waals surface area contributed by atoms with Gasteiger partial charge in [-0.1, -0.05) is 13.8 Å². The minimum absolute atomic E-state index is 0.00895. The molecule has 0 unspecified atom stereocenters. The molecule has 0 aliphatic carbocycles. The van der Waals surface area contributed by atoms with E-state index < -0.39 is 226 Å². The third-order valence-corrected chi connectivity index (χ3v) is 22.0. The Morgan fingerprint density at radius 2 is 0.583 bits per heavy atom. The highest BCUT2D eigenvalue weighted by Crippen LogP contribution is 2.32. The average molecular weight is 2080 g/mol. The highest BCUT2D eigenvalue weighted by atomic mass is 16.8. The molecule has 54 heteroatoms. The molecule has 11 amide bonds. The molecular weight excluding hydrogens is 1920 g/mol. The number of nitrogens with one attached hydrogen (secondary N) is 12. The lowest BCUT2D eigenvalue weighted by Gasteiger charge is -2.44. The zero-order chi connectivity index (χ0) is 108. The second-order valence-corrected chi connectivity index (χ2v) is 35.8. The Kier molecular flexibility index (Phi) is 63.5. The molecule has 24 N–H and O–H groups in total. The molecule has 54 nitrogen and oxygen atoms in total. The molecule has 144 heavy (non-hydrogen) atoms. The standard InChI is InChI=1S/C64H116N10O27.C16H25NO9.C10H19NO6/c1-39(2)74-64(18-15-46(81)68-24-30-93-36-49(84)65-21-9-6-12-27-96-61-52(71-40(3)78)58(90)55(87)43(33-75)99-61,19-16-47(82)69-25-31-94-37-50(85)66-22-10-7-13-28-97-62-53(72-41(4)79)59(91)56(88)44(34-76)100-62)20-17-48(83)70-26-32-95-38-51(86)67-23-11-8-14-29-98-63-54(73-42(5)80)60(92)57(89)45(35-77)101-63;1-7(2)22-15-12(17-8(3)18)13(23-9(4)19)14(24-10(5)20)16(26-15)25-11(6)21;1-4(2)16-10-6(11-5(3)12)7(13)8(14)9(15)17-10/h39,43-45,52-63,74-77,87-92H,6-38H2,1-5H3,(H,65,84)(H,66,85)(H,67,86)(H,68,81)(H,69,82)(H,70,83)(H,71,78)(H,72,79)(H,73,80);7,12-16H,1-6H3,(H,17,18);4,6-10,13-15H,1-3H3,(H,11,12)/t43-,44-,45-,52-,53-,54-,55+,56+,57+,58-,59-,60-,61-,62-,63-;12-,13-,14-,15-,16+;6-,7-,8-,9+,10-/m111/s1. The number of ether oxygens (including phenoxy) is 16. The van der Waals surface area contributed by atoms with Gasteiger partial charge >= 0.3 is 17.9 Å². The van der Waals surface area contributed by atoms with Gasteiger partial charge in [0.2, 0.25) is 77.4 Å². The molecule has 5 aliphatic heterocycles. The van der Waals surface area contributed by atoms with Crippen molar-refractivity contribution in [1.29, 1.82) is 0 Å². The van der Waals surface area contributed by atoms with Crippen LogP contribution in [-0.4, -0.2) is 440 Å². The summed E-state index contributed by atoms with van der Waals surface area (Å²) in [6, 6.07) is -5.22. The number of amides is 11. The molecule has 0 spiro atoms. The Bertz CT molecular complexity index is 3570. The minimum atomic E-state index is -1.54. The first-order chi connectivity index (χ1) is 68.1. The molecule has 5 fully saturated rings. The van der Waals surface area contributed by atoms with Crippen molar-refractivity contribution in [2.75, 3.05) is 119 Å². The van der Waals surface area contributed by atoms with E-state index in [2.05, 4.69) is 63.8 Å². The molecule has 0 aromatic carbocycles. The van der Waals surface area contributed by atoms with Crippen molar-refractivity contribution in [2.45, 2.75) is 371 Å². The van der Waals surface area contributed by atoms with E-state index in [1.54, 1.807) is 27.7 Å². The van der Waals surface area contributed by atoms with E-state index in [9.17, 15) is 128 Å². The molecule has 5 saturated heterocycles. The van der Waals surface area contributed by atoms with Gasteiger partial charge in [-0.05, 0) is 105 Å². The van der Waals surface area contributed by atoms with E-state index in [-0.39, 0.29) is 171 Å². The third kappa shape index (κ3) is 51.0. The van der Waals surface area contributed by atoms with Gasteiger partial charge in [0.1, 0.15) is 117 Å². The highest BCUT2D eigenvalue weighted by Gasteiger charge is 2.54. The van der Waals surface area contributed by atoms with Gasteiger partial charge in [-0.25, -0.2) is 0 Å². The molecule has 0 bridgehead atoms. The second-order valence-electron chi connectivity index (χ2n) is 35.8. The SMILES string of the molecule is CC(=O)N[C@H]1[C@H](OC(C)C)O[C@H](O)[C@H](O)[C@@H]1O.CC(=O)N[C@H]1[C@H](OC(C)C)O[C@H](OC(C)=O)[C@H](OC(C)=O)[C@@H]1OC(C)=O.CC(=O)N[C@H]1[C@H](OCCCCCNC(=O)COCCNC(=O)CCC(CCC(=O)NCCOCC(=O)NCCCCCO[C@@H]2O[C@H](CO)[C@H](O)[C@H](O)[C@H]2NC(C)=O)(CCC(=O)NCCOCC(=O)NCCCCCO[C@@H]2O[C@H](CO)[C@H](O)[C@H](O)[C@H]2NC(C)=O)NC(C)C)O[C@H](CO)[C@H](O)[C@@H]1O. The van der Waals surface area contributed by atoms with E-state index in [1.165, 1.54) is 34.6 Å². The summed E-state index contributed by atoms with van der Waals surface area (Å²) in [7, 11) is 0. The molecular formula is C90H160N12O42. The van der Waals surface area contributed by atoms with Gasteiger partial charge in [0.05, 0.1) is 51.8 Å². The summed E-state index contributed by atoms with van der Waals surface area (Å²) in [6.45, 7) is 19.7. The van der Waals surface area contributed by atoms with E-state index >= 15 is 0 Å². The maximum absolute atomic E-state index is 13.3. The highest BCUT2D eigenvalue weighted by molar-refractivity contribution is 5.80. The Morgan fingerprint density at radius 1 is 0.299 bits per heavy atom. The van der Waals surface area contributed by atoms with Crippen LogP contribution < -0.4 is 63.8 Å². The molecule has 5 aliphatic rings. The molecule has 0 aromatic rings. The van der Waals surface area contributed by atoms with Gasteiger partial charge in [0.25, 0.3) is 0 Å². The normalized spacial score (nSPS) is 27.2. The van der Waals surface area contributed by atoms with Crippen LogP contribution in [0.2, 0.25) is 0 Å². The number of aliphatic hydroxyl groups is 12. The average Bonchev–Trinajstić information content (AvgIpc) is 0.766. The van der Waals surface area contributed by atoms with Crippen molar-refractivity contribution in [1.82, 2.24) is 63.8 Å². The second kappa shape index (κ2) is 70.5. The minimum Gasteiger partial charge on any atom is -0.456 e. The number of rotatable bonds is 62. The maximum atomic E-state index is 13.3. The molecule has 832 valence electrons. The number of aliphatic hydroxyl groups excluding tert-OH is 12. The Hall–Kier alpha value is -8.46. The predicted molar refractivity (Wildman–Crippen MR) is 497 cm³/mol. The van der Waals surface area contributed by atoms with E-state index in [4.69, 9.17) is 75.8 Å². The fraction of sp³-hybridized carbons (Fsp3) is 0.844. The fourth-order valence-electron chi connectivity index (χ4n) is 15.4. The van der Waals surface area contributed by atoms with Crippen LogP contribution in [0.4, 0.5) is 0 Å². The van der Waals surface area contributed by atoms with Crippen molar-refractivity contribution in [3.8, 4) is 0 Å². The quantitative estimate of drug-likeness (QED) is 0.0153. The van der Waals surface area contributed by atoms with Crippen LogP contribution >= 0.6 is 0 Å². The van der Waals surface area contributed by atoms with Crippen molar-refractivity contribution < 1.29 is 204 Å². The summed E-state index contributed by atoms with van der Waals surface area (Å²) in [6.07, 6.45) is -20.3. The summed E-state index contributed by atoms with van der Waals surface area (Å²) in [5, 5.41) is 152. The number of unbranched alkanes of at least 4 members (excludes halogenated alkanes) is 6. The van der Waals surface area contributed by atoms with Crippen molar-refractivity contribution in [3.63, 3.8) is 0 Å². The zero-order valence-electron chi connectivity index (χ0n) is 84.6. The van der Waals surface area contributed by atoms with E-state index in [0.717, 1.165) is 20.8 Å². The van der Waals surface area contributed by atoms with Crippen LogP contribution in [0.25, 0.3) is 0 Å². The van der Waals surface area contributed by atoms with Gasteiger partial charge in [-0.2, -0.15) is 0 Å². The van der Waals surface area contributed by atoms with Gasteiger partial charge in [-0.3, -0.25) is 67.1 Å². The Morgan fingerprint density at radius 3 is 0.875 bits per heavy atom. The lowest BCUT2D eigenvalue weighted by atomic mass is 9.82. The summed E-state index contributed by atoms with van der Waals surface area (Å²) < 4.78 is 87.3. The molecule has 0 saturated carbocycles. The van der Waals surface area contributed by atoms with Crippen molar-refractivity contribution >= 4 is 82.9 Å². The maximum Gasteiger partial charge on any atom is 0.305 e. The van der Waals surface area contributed by atoms with Crippen LogP contribution in [0.5, 0.6) is 0 Å². The number of carbonyl (C=O) groups is 14. The number of carbonyl (C=O) groups excluding carboxylic acids is 14. The first-order valence-corrected chi connectivity index (χ1v) is 48.4. The third-order valence-electron chi connectivity index (χ3n) is 22.0. The molecule has 5 heterocycles. The van der Waals surface area contributed by atoms with Crippen LogP contribution in [0.3, 0.4) is 0 Å². The fourth-order valence-corrected chi connectivity index (χ4v) is 15.4. The van der Waals surface area contributed by atoms with Crippen molar-refractivity contribution in [3.05, 3.63) is 0 Å². The monoisotopic (exact) mass is 2080 g/mol. The Labute approximate surface area is 836 Å². The molecule has 5 rings (SSSR count). The van der Waals surface area contributed by atoms with Gasteiger partial charge in [-0.15, -0.1) is 0 Å². The summed E-state index contributed by atoms with van der Waals surface area (Å²) in [5.74, 6) is -6.49. The smallest absolute Gasteiger partial charge is 0.305 e. The summed E-state index contributed by atoms with van der Waals surface area (Å²) in [4.78, 5) is 169. The van der Waals surface area contributed by atoms with E-state index in [1.807, 2.05) is 13.8 Å². The Balaban J connectivity index is 0.00000100. The van der Waals surface area contributed by atoms with Crippen LogP contribution in [0, 0.1) is 0 Å². The van der Waals surface area contributed by atoms with Crippen LogP contribution in [-0.2, 0) is 143 Å². The number of esters is 3. The molecule has 25 atom stereocenters. The van der Waals surface area contributed by atoms with Crippen LogP contribution in [0.1, 0.15) is 193 Å². The number of hydrogen-bond acceptors (Lipinski definition) is 43. The van der Waals surface area contributed by atoms with Gasteiger partial charge < -0.3 is 201 Å². The molecule has 0 aromatic heterocycles. The summed E-state index contributed by atoms with van der Waals surface area (Å²) >= 11 is 0. The van der Waals surface area contributed by atoms with Gasteiger partial charge in [0.15, 0.2) is 43.8 Å². The number of hydrogen-bond donors (Lipinski definition) is 24. The lowest BCUT2D eigenvalue weighted by Crippen LogP contribution is -2.66. The van der Waals surface area contributed by atoms with Crippen molar-refractivity contribution in [2.24, 2.45) is 0 Å². The first-order valence-electron chi connectivity index (χ1n) is 48.4. The molecule has 0 radical (unpaired) electrons. The zero-order valence-corrected chi connectivity index (χ0v) is 84.6. The van der Waals surface area contributed by atoms with E-state index in [0.29, 0.717) is 77.4 Å². The summed E-state index contributed by atoms with van der Waals surface area (Å²) in [5.41, 5.74) is -0.902. The predicted octanol–water partition coefficient (Wildman–Crippen LogP) is -8.46. The van der Waals surface area contributed by atoms with Crippen LogP contribution in [0.15, 0.2) is 0 Å². The first kappa shape index (κ1) is 130. The largest absolute Gasteiger partial charge is 0.456 e. The topological polar surface area (TPSA) is 774 Å². The lowest BCUT2D eigenvalue weighted by molar-refractivity contribution is -0.326.